The Morgan fingerprint density at radius 3 is 1.73 bits per heavy atom. The van der Waals surface area contributed by atoms with E-state index in [1.165, 1.54) is 19.3 Å². The fourth-order valence-corrected chi connectivity index (χ4v) is 1.89. The molecule has 0 heterocycles. The van der Waals surface area contributed by atoms with Gasteiger partial charge in [0, 0.05) is 0 Å². The lowest BCUT2D eigenvalue weighted by Gasteiger charge is -2.42. The number of hydrogen-bond acceptors (Lipinski definition) is 0. The highest BCUT2D eigenvalue weighted by Crippen LogP contribution is 2.40. The zero-order chi connectivity index (χ0) is 8.54. The van der Waals surface area contributed by atoms with Crippen molar-refractivity contribution in [2.75, 3.05) is 0 Å². The molecule has 1 rings (SSSR count). The van der Waals surface area contributed by atoms with Crippen molar-refractivity contribution in [2.24, 2.45) is 5.41 Å². The molecule has 0 atom stereocenters. The predicted octanol–water partition coefficient (Wildman–Crippen LogP) is 2.80. The van der Waals surface area contributed by atoms with Gasteiger partial charge >= 0.3 is 0 Å². The molecule has 0 unspecified atom stereocenters. The van der Waals surface area contributed by atoms with Crippen LogP contribution in [0.3, 0.4) is 0 Å². The minimum atomic E-state index is -0.384. The molecule has 0 amide bonds. The lowest BCUT2D eigenvalue weighted by atomic mass is 9.66. The molecule has 0 aromatic heterocycles. The molecule has 1 saturated carbocycles. The van der Waals surface area contributed by atoms with Crippen molar-refractivity contribution >= 4 is 0 Å². The molecule has 1 heteroatoms. The highest BCUT2D eigenvalue weighted by atomic mass is 14.8. The lowest BCUT2D eigenvalue weighted by molar-refractivity contribution is 0.125. The van der Waals surface area contributed by atoms with Gasteiger partial charge < -0.3 is 0 Å². The van der Waals surface area contributed by atoms with Crippen LogP contribution >= 0.6 is 0 Å². The summed E-state index contributed by atoms with van der Waals surface area (Å²) in [6.07, 6.45) is 5.70. The third-order valence-corrected chi connectivity index (χ3v) is 3.08. The molecule has 11 heavy (non-hydrogen) atoms. The summed E-state index contributed by atoms with van der Waals surface area (Å²) >= 11 is 0. The van der Waals surface area contributed by atoms with Gasteiger partial charge in [0.2, 0.25) is 0 Å². The minimum Gasteiger partial charge on any atom is -0.137 e. The number of hydrogen-bond donors (Lipinski definition) is 0. The first-order valence-electron chi connectivity index (χ1n) is 4.68. The summed E-state index contributed by atoms with van der Waals surface area (Å²) < 4.78 is 0. The van der Waals surface area contributed by atoms with Crippen molar-refractivity contribution in [1.29, 1.82) is 0 Å². The van der Waals surface area contributed by atoms with Gasteiger partial charge in [-0.2, -0.15) is 0 Å². The maximum absolute atomic E-state index is 10.2. The summed E-state index contributed by atoms with van der Waals surface area (Å²) in [5.74, 6) is 0. The van der Waals surface area contributed by atoms with Crippen molar-refractivity contribution in [1.82, 2.24) is 5.73 Å². The van der Waals surface area contributed by atoms with Crippen LogP contribution in [0.1, 0.15) is 52.9 Å². The van der Waals surface area contributed by atoms with Gasteiger partial charge in [-0.3, -0.25) is 0 Å². The van der Waals surface area contributed by atoms with E-state index in [0.717, 1.165) is 12.8 Å². The summed E-state index contributed by atoms with van der Waals surface area (Å²) in [6, 6.07) is 0. The molecular weight excluding hydrogens is 134 g/mol. The standard InChI is InChI=1S/C10H19N/c1-9(2,3)10(11)7-5-4-6-8-10/h4-8H2,1-3H3. The number of rotatable bonds is 0. The molecule has 64 valence electrons. The van der Waals surface area contributed by atoms with E-state index >= 15 is 0 Å². The van der Waals surface area contributed by atoms with E-state index in [9.17, 15) is 5.73 Å². The molecule has 0 spiro atoms. The SMILES string of the molecule is CC(C)(C)C1([N])CCCCC1. The third kappa shape index (κ3) is 1.76. The molecule has 2 radical (unpaired) electrons. The van der Waals surface area contributed by atoms with E-state index in [0.29, 0.717) is 0 Å². The van der Waals surface area contributed by atoms with Crippen LogP contribution in [0.4, 0.5) is 0 Å². The molecule has 1 fully saturated rings. The van der Waals surface area contributed by atoms with Gasteiger partial charge in [0.05, 0.1) is 5.54 Å². The third-order valence-electron chi connectivity index (χ3n) is 3.08. The van der Waals surface area contributed by atoms with Crippen LogP contribution in [-0.2, 0) is 0 Å². The Bertz CT molecular complexity index is 126. The average molecular weight is 153 g/mol. The molecule has 1 aliphatic rings. The summed E-state index contributed by atoms with van der Waals surface area (Å²) in [4.78, 5) is 0. The van der Waals surface area contributed by atoms with Gasteiger partial charge in [-0.1, -0.05) is 40.0 Å². The Balaban J connectivity index is 2.64. The second kappa shape index (κ2) is 2.78. The van der Waals surface area contributed by atoms with E-state index < -0.39 is 0 Å². The van der Waals surface area contributed by atoms with Gasteiger partial charge in [0.15, 0.2) is 0 Å². The van der Waals surface area contributed by atoms with E-state index in [-0.39, 0.29) is 11.0 Å². The Morgan fingerprint density at radius 1 is 1.00 bits per heavy atom. The molecule has 0 aromatic carbocycles. The average Bonchev–Trinajstić information content (AvgIpc) is 1.87. The second-order valence-corrected chi connectivity index (χ2v) is 4.84. The van der Waals surface area contributed by atoms with E-state index in [2.05, 4.69) is 20.8 Å². The molecule has 1 aliphatic carbocycles. The first kappa shape index (κ1) is 9.05. The van der Waals surface area contributed by atoms with Crippen molar-refractivity contribution in [3.8, 4) is 0 Å². The highest BCUT2D eigenvalue weighted by Gasteiger charge is 2.40. The lowest BCUT2D eigenvalue weighted by Crippen LogP contribution is -2.45. The summed E-state index contributed by atoms with van der Waals surface area (Å²) in [7, 11) is 0. The smallest absolute Gasteiger partial charge is 0.0591 e. The van der Waals surface area contributed by atoms with Crippen LogP contribution < -0.4 is 5.73 Å². The zero-order valence-corrected chi connectivity index (χ0v) is 7.98. The zero-order valence-electron chi connectivity index (χ0n) is 7.98. The normalized spacial score (nSPS) is 25.1. The fourth-order valence-electron chi connectivity index (χ4n) is 1.89. The van der Waals surface area contributed by atoms with Crippen LogP contribution in [0.15, 0.2) is 0 Å². The van der Waals surface area contributed by atoms with Gasteiger partial charge in [0.25, 0.3) is 0 Å². The maximum atomic E-state index is 10.2. The van der Waals surface area contributed by atoms with Crippen LogP contribution in [0.5, 0.6) is 0 Å². The van der Waals surface area contributed by atoms with Gasteiger partial charge in [-0.25, -0.2) is 0 Å². The topological polar surface area (TPSA) is 22.3 Å². The van der Waals surface area contributed by atoms with Gasteiger partial charge in [-0.05, 0) is 18.3 Å². The van der Waals surface area contributed by atoms with Gasteiger partial charge in [0.1, 0.15) is 0 Å². The molecule has 0 saturated heterocycles. The summed E-state index contributed by atoms with van der Waals surface area (Å²) in [6.45, 7) is 6.41. The maximum Gasteiger partial charge on any atom is 0.0591 e. The van der Waals surface area contributed by atoms with Crippen LogP contribution in [0.25, 0.3) is 0 Å². The Labute approximate surface area is 70.4 Å². The Hall–Kier alpha value is -0.0400. The molecule has 0 aromatic rings. The summed E-state index contributed by atoms with van der Waals surface area (Å²) in [5.41, 5.74) is 9.89. The van der Waals surface area contributed by atoms with E-state index in [1.807, 2.05) is 0 Å². The molecule has 0 bridgehead atoms. The van der Waals surface area contributed by atoms with Gasteiger partial charge in [-0.15, -0.1) is 5.73 Å². The van der Waals surface area contributed by atoms with Crippen molar-refractivity contribution < 1.29 is 0 Å². The second-order valence-electron chi connectivity index (χ2n) is 4.84. The van der Waals surface area contributed by atoms with E-state index in [4.69, 9.17) is 0 Å². The van der Waals surface area contributed by atoms with E-state index in [1.54, 1.807) is 0 Å². The summed E-state index contributed by atoms with van der Waals surface area (Å²) in [5, 5.41) is 0. The molecule has 1 nitrogen and oxygen atoms in total. The van der Waals surface area contributed by atoms with Crippen LogP contribution in [0.2, 0.25) is 0 Å². The highest BCUT2D eigenvalue weighted by molar-refractivity contribution is 4.96. The monoisotopic (exact) mass is 153 g/mol. The predicted molar refractivity (Wildman–Crippen MR) is 47.4 cm³/mol. The Kier molecular flexibility index (Phi) is 2.29. The first-order chi connectivity index (χ1) is 4.96. The molecule has 0 N–H and O–H groups in total. The van der Waals surface area contributed by atoms with Crippen molar-refractivity contribution in [2.45, 2.75) is 58.4 Å². The van der Waals surface area contributed by atoms with Crippen LogP contribution in [-0.4, -0.2) is 5.54 Å². The quantitative estimate of drug-likeness (QED) is 0.510. The van der Waals surface area contributed by atoms with Crippen molar-refractivity contribution in [3.05, 3.63) is 0 Å². The molecular formula is C10H19N. The van der Waals surface area contributed by atoms with Crippen LogP contribution in [0, 0.1) is 5.41 Å². The fraction of sp³-hybridized carbons (Fsp3) is 1.00. The number of nitrogens with zero attached hydrogens (tertiary/aromatic N) is 1. The molecule has 0 aliphatic heterocycles. The first-order valence-corrected chi connectivity index (χ1v) is 4.68. The minimum absolute atomic E-state index is 0.0629. The van der Waals surface area contributed by atoms with Crippen molar-refractivity contribution in [3.63, 3.8) is 0 Å². The Morgan fingerprint density at radius 2 is 1.45 bits per heavy atom. The largest absolute Gasteiger partial charge is 0.137 e.